The molecule has 0 atom stereocenters. The second-order valence-electron chi connectivity index (χ2n) is 2.66. The first kappa shape index (κ1) is 10.3. The van der Waals surface area contributed by atoms with Gasteiger partial charge in [-0.2, -0.15) is 0 Å². The molecule has 1 aromatic heterocycles. The molecule has 1 N–H and O–H groups in total. The van der Waals surface area contributed by atoms with E-state index < -0.39 is 0 Å². The topological polar surface area (TPSA) is 15.8 Å². The van der Waals surface area contributed by atoms with Crippen molar-refractivity contribution in [2.24, 2.45) is 0 Å². The van der Waals surface area contributed by atoms with Crippen LogP contribution in [0.1, 0.15) is 19.4 Å². The van der Waals surface area contributed by atoms with Crippen molar-refractivity contribution in [1.29, 1.82) is 0 Å². The van der Waals surface area contributed by atoms with E-state index in [0.29, 0.717) is 0 Å². The van der Waals surface area contributed by atoms with Crippen molar-refractivity contribution in [3.05, 3.63) is 34.4 Å². The van der Waals surface area contributed by atoms with Gasteiger partial charge in [0.1, 0.15) is 0 Å². The molecule has 0 aliphatic carbocycles. The van der Waals surface area contributed by atoms with Crippen molar-refractivity contribution >= 4 is 26.8 Å². The van der Waals surface area contributed by atoms with Gasteiger partial charge in [0.05, 0.1) is 0 Å². The Bertz CT molecular complexity index is 390. The number of hydrogen-bond acceptors (Lipinski definition) is 0. The van der Waals surface area contributed by atoms with E-state index in [1.807, 2.05) is 20.0 Å². The largest absolute Gasteiger partial charge is 0.361 e. The molecule has 0 unspecified atom stereocenters. The molecule has 2 rings (SSSR count). The van der Waals surface area contributed by atoms with Gasteiger partial charge in [0.2, 0.25) is 0 Å². The van der Waals surface area contributed by atoms with Gasteiger partial charge in [0.15, 0.2) is 0 Å². The van der Waals surface area contributed by atoms with E-state index in [1.165, 1.54) is 16.5 Å². The zero-order valence-electron chi connectivity index (χ0n) is 8.19. The number of aromatic nitrogens is 1. The molecular formula is C11H14BrN. The smallest absolute Gasteiger partial charge is 0.0468 e. The first-order chi connectivity index (χ1) is 6.27. The molecule has 70 valence electrons. The summed E-state index contributed by atoms with van der Waals surface area (Å²) in [7, 11) is 0. The Balaban J connectivity index is 0.000000396. The standard InChI is InChI=1S/C9H8BrN.C2H6/c1-6-5-11-9-4-7(10)2-3-8(6)9;1-2/h2-5,11H,1H3;1-2H3. The third-order valence-corrected chi connectivity index (χ3v) is 2.34. The van der Waals surface area contributed by atoms with Gasteiger partial charge < -0.3 is 4.98 Å². The zero-order valence-corrected chi connectivity index (χ0v) is 9.77. The summed E-state index contributed by atoms with van der Waals surface area (Å²) in [6.07, 6.45) is 2.02. The van der Waals surface area contributed by atoms with Crippen LogP contribution in [0, 0.1) is 6.92 Å². The van der Waals surface area contributed by atoms with Crippen molar-refractivity contribution in [2.75, 3.05) is 0 Å². The van der Waals surface area contributed by atoms with Crippen LogP contribution in [-0.2, 0) is 0 Å². The number of hydrogen-bond donors (Lipinski definition) is 1. The fourth-order valence-electron chi connectivity index (χ4n) is 1.24. The summed E-state index contributed by atoms with van der Waals surface area (Å²) in [5.41, 5.74) is 2.49. The molecule has 0 aliphatic rings. The van der Waals surface area contributed by atoms with E-state index in [2.05, 4.69) is 46.0 Å². The Morgan fingerprint density at radius 2 is 1.92 bits per heavy atom. The molecule has 1 nitrogen and oxygen atoms in total. The van der Waals surface area contributed by atoms with Crippen LogP contribution >= 0.6 is 15.9 Å². The number of aryl methyl sites for hydroxylation is 1. The van der Waals surface area contributed by atoms with Crippen LogP contribution in [0.2, 0.25) is 0 Å². The second-order valence-corrected chi connectivity index (χ2v) is 3.58. The minimum absolute atomic E-state index is 1.12. The fraction of sp³-hybridized carbons (Fsp3) is 0.273. The number of nitrogens with one attached hydrogen (secondary N) is 1. The lowest BCUT2D eigenvalue weighted by molar-refractivity contribution is 1.42. The van der Waals surface area contributed by atoms with Crippen molar-refractivity contribution in [2.45, 2.75) is 20.8 Å². The number of rotatable bonds is 0. The van der Waals surface area contributed by atoms with Crippen LogP contribution in [-0.4, -0.2) is 4.98 Å². The normalized spacial score (nSPS) is 9.54. The average molecular weight is 240 g/mol. The van der Waals surface area contributed by atoms with Gasteiger partial charge >= 0.3 is 0 Å². The third-order valence-electron chi connectivity index (χ3n) is 1.85. The monoisotopic (exact) mass is 239 g/mol. The lowest BCUT2D eigenvalue weighted by Gasteiger charge is -1.91. The lowest BCUT2D eigenvalue weighted by atomic mass is 10.2. The van der Waals surface area contributed by atoms with E-state index in [-0.39, 0.29) is 0 Å². The number of H-pyrrole nitrogens is 1. The van der Waals surface area contributed by atoms with E-state index in [4.69, 9.17) is 0 Å². The molecule has 0 saturated heterocycles. The molecule has 1 aromatic carbocycles. The zero-order chi connectivity index (χ0) is 9.84. The molecule has 0 aliphatic heterocycles. The summed E-state index contributed by atoms with van der Waals surface area (Å²) in [6, 6.07) is 6.26. The third kappa shape index (κ3) is 2.13. The van der Waals surface area contributed by atoms with Gasteiger partial charge in [0, 0.05) is 21.6 Å². The summed E-state index contributed by atoms with van der Waals surface area (Å²) in [4.78, 5) is 3.20. The van der Waals surface area contributed by atoms with E-state index in [9.17, 15) is 0 Å². The minimum atomic E-state index is 1.12. The highest BCUT2D eigenvalue weighted by Gasteiger charge is 1.97. The Hall–Kier alpha value is -0.760. The second kappa shape index (κ2) is 4.47. The molecule has 0 spiro atoms. The van der Waals surface area contributed by atoms with Gasteiger partial charge in [0.25, 0.3) is 0 Å². The van der Waals surface area contributed by atoms with Crippen LogP contribution in [0.4, 0.5) is 0 Å². The SMILES string of the molecule is CC.Cc1c[nH]c2cc(Br)ccc12. The van der Waals surface area contributed by atoms with Crippen LogP contribution in [0.5, 0.6) is 0 Å². The van der Waals surface area contributed by atoms with Crippen LogP contribution in [0.3, 0.4) is 0 Å². The molecule has 0 bridgehead atoms. The number of aromatic amines is 1. The highest BCUT2D eigenvalue weighted by atomic mass is 79.9. The molecule has 0 radical (unpaired) electrons. The summed E-state index contributed by atoms with van der Waals surface area (Å²) in [6.45, 7) is 6.10. The van der Waals surface area contributed by atoms with Gasteiger partial charge in [-0.3, -0.25) is 0 Å². The predicted octanol–water partition coefficient (Wildman–Crippen LogP) is 4.27. The van der Waals surface area contributed by atoms with Gasteiger partial charge in [-0.1, -0.05) is 35.8 Å². The number of benzene rings is 1. The Morgan fingerprint density at radius 3 is 2.62 bits per heavy atom. The van der Waals surface area contributed by atoms with Crippen molar-refractivity contribution < 1.29 is 0 Å². The van der Waals surface area contributed by atoms with Crippen LogP contribution in [0.15, 0.2) is 28.9 Å². The van der Waals surface area contributed by atoms with E-state index >= 15 is 0 Å². The molecule has 13 heavy (non-hydrogen) atoms. The fourth-order valence-corrected chi connectivity index (χ4v) is 1.60. The Morgan fingerprint density at radius 1 is 1.23 bits per heavy atom. The first-order valence-electron chi connectivity index (χ1n) is 4.50. The highest BCUT2D eigenvalue weighted by molar-refractivity contribution is 9.10. The molecule has 0 amide bonds. The van der Waals surface area contributed by atoms with Gasteiger partial charge in [-0.25, -0.2) is 0 Å². The van der Waals surface area contributed by atoms with Gasteiger partial charge in [-0.05, 0) is 24.6 Å². The first-order valence-corrected chi connectivity index (χ1v) is 5.30. The van der Waals surface area contributed by atoms with E-state index in [1.54, 1.807) is 0 Å². The molecule has 0 fully saturated rings. The van der Waals surface area contributed by atoms with Crippen molar-refractivity contribution in [3.8, 4) is 0 Å². The summed E-state index contributed by atoms with van der Waals surface area (Å²) >= 11 is 3.42. The van der Waals surface area contributed by atoms with Crippen LogP contribution < -0.4 is 0 Å². The van der Waals surface area contributed by atoms with E-state index in [0.717, 1.165) is 4.47 Å². The minimum Gasteiger partial charge on any atom is -0.361 e. The maximum atomic E-state index is 3.42. The maximum Gasteiger partial charge on any atom is 0.0468 e. The average Bonchev–Trinajstić information content (AvgIpc) is 2.51. The molecule has 1 heterocycles. The molecule has 0 saturated carbocycles. The van der Waals surface area contributed by atoms with Crippen LogP contribution in [0.25, 0.3) is 10.9 Å². The number of halogens is 1. The van der Waals surface area contributed by atoms with Gasteiger partial charge in [-0.15, -0.1) is 0 Å². The van der Waals surface area contributed by atoms with Crippen molar-refractivity contribution in [1.82, 2.24) is 4.98 Å². The maximum absolute atomic E-state index is 3.42. The Kier molecular flexibility index (Phi) is 3.55. The molecule has 2 aromatic rings. The summed E-state index contributed by atoms with van der Waals surface area (Å²) in [5, 5.41) is 1.30. The lowest BCUT2D eigenvalue weighted by Crippen LogP contribution is -1.68. The quantitative estimate of drug-likeness (QED) is 0.707. The molecule has 2 heteroatoms. The predicted molar refractivity (Wildman–Crippen MR) is 62.1 cm³/mol. The molecular weight excluding hydrogens is 226 g/mol. The van der Waals surface area contributed by atoms with Crippen molar-refractivity contribution in [3.63, 3.8) is 0 Å². The Labute approximate surface area is 87.3 Å². The summed E-state index contributed by atoms with van der Waals surface area (Å²) in [5.74, 6) is 0. The number of fused-ring (bicyclic) bond motifs is 1. The summed E-state index contributed by atoms with van der Waals surface area (Å²) < 4.78 is 1.12. The highest BCUT2D eigenvalue weighted by Crippen LogP contribution is 2.21.